The van der Waals surface area contributed by atoms with Crippen LogP contribution in [0.1, 0.15) is 127 Å². The Morgan fingerprint density at radius 3 is 1.84 bits per heavy atom. The summed E-state index contributed by atoms with van der Waals surface area (Å²) in [6, 6.07) is 37.8. The molecular formula is C62H89N4O10P. The summed E-state index contributed by atoms with van der Waals surface area (Å²) in [6.07, 6.45) is 5.05. The summed E-state index contributed by atoms with van der Waals surface area (Å²) >= 11 is 0. The molecule has 0 saturated carbocycles. The Kier molecular flexibility index (Phi) is 26.8. The molecule has 422 valence electrons. The minimum atomic E-state index is -1.58. The smallest absolute Gasteiger partial charge is 0.338 e. The summed E-state index contributed by atoms with van der Waals surface area (Å²) in [5, 5.41) is 9.48. The first-order valence-corrected chi connectivity index (χ1v) is 28.9. The maximum Gasteiger partial charge on any atom is 0.338 e. The molecule has 1 aliphatic heterocycles. The summed E-state index contributed by atoms with van der Waals surface area (Å²) in [4.78, 5) is 29.9. The zero-order chi connectivity index (χ0) is 55.7. The lowest BCUT2D eigenvalue weighted by Crippen LogP contribution is -2.48. The number of esters is 1. The number of hydrogen-bond donors (Lipinski definition) is 0. The number of ether oxygens (including phenoxy) is 6. The number of carbonyl (C=O) groups excluding carboxylic acids is 2. The molecule has 7 atom stereocenters. The molecule has 1 amide bonds. The van der Waals surface area contributed by atoms with Crippen LogP contribution in [0.3, 0.4) is 0 Å². The van der Waals surface area contributed by atoms with Gasteiger partial charge in [0.15, 0.2) is 6.29 Å². The van der Waals surface area contributed by atoms with Gasteiger partial charge in [-0.2, -0.15) is 5.26 Å². The SMILES string of the molecule is COc1ccc(C(OC[C@H](CN(C)CCCCCCN(C)C(=O)CCCCOC2OC(COC(=O)c3ccccc3)C(C)C(C)C2C)OP(OCCC#N)N(C(C)C)C(C)C)(c2ccccc2)c2ccc(OC)cc2)cc1. The van der Waals surface area contributed by atoms with E-state index in [9.17, 15) is 14.9 Å². The third-order valence-corrected chi connectivity index (χ3v) is 16.9. The first kappa shape index (κ1) is 62.9. The molecular weight excluding hydrogens is 992 g/mol. The fourth-order valence-corrected chi connectivity index (χ4v) is 11.6. The van der Waals surface area contributed by atoms with Crippen molar-refractivity contribution in [1.29, 1.82) is 5.26 Å². The van der Waals surface area contributed by atoms with Crippen molar-refractivity contribution in [3.8, 4) is 17.6 Å². The normalized spacial score (nSPS) is 18.5. The predicted molar refractivity (Wildman–Crippen MR) is 305 cm³/mol. The number of amides is 1. The van der Waals surface area contributed by atoms with E-state index < -0.39 is 26.5 Å². The molecule has 4 aromatic rings. The molecule has 0 aromatic heterocycles. The average Bonchev–Trinajstić information content (AvgIpc) is 3.46. The van der Waals surface area contributed by atoms with Crippen LogP contribution in [0.4, 0.5) is 0 Å². The summed E-state index contributed by atoms with van der Waals surface area (Å²) in [6.45, 7) is 18.3. The lowest BCUT2D eigenvalue weighted by Gasteiger charge is -2.43. The van der Waals surface area contributed by atoms with E-state index in [-0.39, 0.29) is 68.1 Å². The van der Waals surface area contributed by atoms with Gasteiger partial charge in [0.1, 0.15) is 29.8 Å². The number of hydrogen-bond acceptors (Lipinski definition) is 13. The zero-order valence-electron chi connectivity index (χ0n) is 47.9. The molecule has 1 fully saturated rings. The molecule has 0 radical (unpaired) electrons. The van der Waals surface area contributed by atoms with Crippen molar-refractivity contribution in [1.82, 2.24) is 14.5 Å². The van der Waals surface area contributed by atoms with Crippen LogP contribution < -0.4 is 9.47 Å². The van der Waals surface area contributed by atoms with Gasteiger partial charge in [-0.3, -0.25) is 4.79 Å². The number of rotatable bonds is 34. The van der Waals surface area contributed by atoms with Crippen LogP contribution in [0.15, 0.2) is 109 Å². The standard InChI is InChI=1S/C62H89N4O10P/c1-46(2)66(47(3)4)77(74-42-24-38-63)76-57(44-73-62(52-27-18-15-19-28-52,53-30-34-55(69-10)35-31-53)54-32-36-56(70-11)37-33-54)43-64(8)39-21-12-13-22-40-65(9)59(67)29-20-23-41-71-61-50(7)48(5)49(6)58(75-61)45-72-60(68)51-25-16-14-17-26-51/h14-19,25-28,30-37,46-50,57-58,61H,12-13,20-24,29,39-45H2,1-11H3/t48?,49?,50?,57-,58?,61?,77?/m0/s1. The van der Waals surface area contributed by atoms with Gasteiger partial charge in [0, 0.05) is 51.2 Å². The molecule has 0 spiro atoms. The molecule has 1 heterocycles. The van der Waals surface area contributed by atoms with Crippen molar-refractivity contribution in [3.05, 3.63) is 131 Å². The van der Waals surface area contributed by atoms with E-state index >= 15 is 0 Å². The van der Waals surface area contributed by atoms with E-state index in [1.165, 1.54) is 0 Å². The Bertz CT molecular complexity index is 2280. The van der Waals surface area contributed by atoms with E-state index in [1.54, 1.807) is 26.4 Å². The lowest BCUT2D eigenvalue weighted by atomic mass is 9.79. The Hall–Kier alpha value is -4.94. The quantitative estimate of drug-likeness (QED) is 0.0190. The largest absolute Gasteiger partial charge is 0.497 e. The molecule has 14 nitrogen and oxygen atoms in total. The number of carbonyl (C=O) groups is 2. The van der Waals surface area contributed by atoms with Crippen molar-refractivity contribution in [2.45, 2.75) is 136 Å². The number of benzene rings is 4. The van der Waals surface area contributed by atoms with Crippen LogP contribution in [0, 0.1) is 29.1 Å². The van der Waals surface area contributed by atoms with Gasteiger partial charge in [0.2, 0.25) is 5.91 Å². The lowest BCUT2D eigenvalue weighted by molar-refractivity contribution is -0.254. The minimum Gasteiger partial charge on any atom is -0.497 e. The predicted octanol–water partition coefficient (Wildman–Crippen LogP) is 12.3. The average molecular weight is 1080 g/mol. The van der Waals surface area contributed by atoms with E-state index in [4.69, 9.17) is 37.5 Å². The highest BCUT2D eigenvalue weighted by molar-refractivity contribution is 7.44. The summed E-state index contributed by atoms with van der Waals surface area (Å²) in [5.74, 6) is 1.97. The second-order valence-corrected chi connectivity index (χ2v) is 22.4. The van der Waals surface area contributed by atoms with Gasteiger partial charge in [0.25, 0.3) is 8.53 Å². The van der Waals surface area contributed by atoms with Gasteiger partial charge in [-0.15, -0.1) is 0 Å². The molecule has 4 aromatic carbocycles. The highest BCUT2D eigenvalue weighted by atomic mass is 31.2. The number of unbranched alkanes of at least 4 members (excludes halogenated alkanes) is 4. The summed E-state index contributed by atoms with van der Waals surface area (Å²) < 4.78 is 52.7. The first-order valence-electron chi connectivity index (χ1n) is 27.8. The molecule has 1 aliphatic rings. The second-order valence-electron chi connectivity index (χ2n) is 21.0. The van der Waals surface area contributed by atoms with E-state index in [0.29, 0.717) is 37.6 Å². The molecule has 6 unspecified atom stereocenters. The Balaban J connectivity index is 1.15. The maximum absolute atomic E-state index is 13.2. The monoisotopic (exact) mass is 1080 g/mol. The maximum atomic E-state index is 13.2. The molecule has 15 heteroatoms. The van der Waals surface area contributed by atoms with Crippen LogP contribution in [0.25, 0.3) is 0 Å². The third kappa shape index (κ3) is 18.9. The summed E-state index contributed by atoms with van der Waals surface area (Å²) in [5.41, 5.74) is 2.30. The van der Waals surface area contributed by atoms with E-state index in [2.05, 4.69) is 108 Å². The minimum absolute atomic E-state index is 0.125. The van der Waals surface area contributed by atoms with E-state index in [0.717, 1.165) is 73.3 Å². The zero-order valence-corrected chi connectivity index (χ0v) is 48.8. The summed E-state index contributed by atoms with van der Waals surface area (Å²) in [7, 11) is 5.77. The topological polar surface area (TPSA) is 141 Å². The number of likely N-dealkylation sites (N-methyl/N-ethyl adjacent to an activating group) is 1. The molecule has 77 heavy (non-hydrogen) atoms. The first-order chi connectivity index (χ1) is 37.1. The van der Waals surface area contributed by atoms with Crippen molar-refractivity contribution in [2.24, 2.45) is 17.8 Å². The number of nitrogens with zero attached hydrogens (tertiary/aromatic N) is 4. The van der Waals surface area contributed by atoms with Gasteiger partial charge >= 0.3 is 5.97 Å². The molecule has 0 aliphatic carbocycles. The van der Waals surface area contributed by atoms with Crippen LogP contribution in [-0.4, -0.2) is 131 Å². The molecule has 5 rings (SSSR count). The van der Waals surface area contributed by atoms with Gasteiger partial charge < -0.3 is 47.3 Å². The second kappa shape index (κ2) is 32.8. The fraction of sp³-hybridized carbons (Fsp3) is 0.565. The van der Waals surface area contributed by atoms with Crippen LogP contribution in [0.2, 0.25) is 0 Å². The highest BCUT2D eigenvalue weighted by Crippen LogP contribution is 2.48. The molecule has 0 N–H and O–H groups in total. The van der Waals surface area contributed by atoms with Crippen molar-refractivity contribution >= 4 is 20.4 Å². The third-order valence-electron chi connectivity index (χ3n) is 14.7. The van der Waals surface area contributed by atoms with Crippen LogP contribution >= 0.6 is 8.53 Å². The number of nitriles is 1. The van der Waals surface area contributed by atoms with Crippen LogP contribution in [-0.2, 0) is 38.4 Å². The van der Waals surface area contributed by atoms with E-state index in [1.807, 2.05) is 72.6 Å². The van der Waals surface area contributed by atoms with Crippen molar-refractivity contribution < 1.29 is 47.1 Å². The Morgan fingerprint density at radius 2 is 1.27 bits per heavy atom. The molecule has 1 saturated heterocycles. The Labute approximate surface area is 462 Å². The van der Waals surface area contributed by atoms with Gasteiger partial charge in [-0.1, -0.05) is 106 Å². The van der Waals surface area contributed by atoms with Gasteiger partial charge in [0.05, 0.1) is 51.6 Å². The number of methoxy groups -OCH3 is 2. The fourth-order valence-electron chi connectivity index (χ4n) is 9.93. The van der Waals surface area contributed by atoms with Crippen LogP contribution in [0.5, 0.6) is 11.5 Å². The highest BCUT2D eigenvalue weighted by Gasteiger charge is 2.42. The Morgan fingerprint density at radius 1 is 0.701 bits per heavy atom. The van der Waals surface area contributed by atoms with Gasteiger partial charge in [-0.05, 0) is 132 Å². The van der Waals surface area contributed by atoms with Crippen molar-refractivity contribution in [3.63, 3.8) is 0 Å². The van der Waals surface area contributed by atoms with Crippen molar-refractivity contribution in [2.75, 3.05) is 74.4 Å². The molecule has 0 bridgehead atoms. The van der Waals surface area contributed by atoms with Gasteiger partial charge in [-0.25, -0.2) is 9.46 Å².